The lowest BCUT2D eigenvalue weighted by molar-refractivity contribution is -0.167. The standard InChI is InChI=1S/C53H94O6/c1-4-7-10-13-16-19-22-24-25-26-27-28-29-30-32-34-37-40-43-46-52(55)58-49-50(48-57-51(54)45-42-39-36-33-21-18-15-12-9-6-3)59-53(56)47-44-41-38-35-31-23-20-17-14-11-8-5-2/h12,15-16,19,24-25,27-28,50H,4-11,13-14,17-18,20-23,26,29-49H2,1-3H3/b15-12-,19-16-,25-24-,28-27-. The molecule has 0 aromatic rings. The zero-order valence-corrected chi connectivity index (χ0v) is 39.0. The maximum atomic E-state index is 12.7. The van der Waals surface area contributed by atoms with E-state index in [1.165, 1.54) is 122 Å². The van der Waals surface area contributed by atoms with Crippen LogP contribution in [-0.2, 0) is 28.6 Å². The molecular formula is C53H94O6. The Morgan fingerprint density at radius 1 is 0.339 bits per heavy atom. The predicted molar refractivity (Wildman–Crippen MR) is 252 cm³/mol. The number of ether oxygens (including phenoxy) is 3. The summed E-state index contributed by atoms with van der Waals surface area (Å²) in [5.41, 5.74) is 0. The normalized spacial score (nSPS) is 12.4. The van der Waals surface area contributed by atoms with Crippen LogP contribution in [-0.4, -0.2) is 37.2 Å². The monoisotopic (exact) mass is 827 g/mol. The molecular weight excluding hydrogens is 733 g/mol. The summed E-state index contributed by atoms with van der Waals surface area (Å²) in [4.78, 5) is 37.8. The van der Waals surface area contributed by atoms with Crippen LogP contribution >= 0.6 is 0 Å². The summed E-state index contributed by atoms with van der Waals surface area (Å²) in [5.74, 6) is -0.898. The molecule has 0 aromatic heterocycles. The van der Waals surface area contributed by atoms with E-state index in [1.807, 2.05) is 0 Å². The molecule has 1 unspecified atom stereocenters. The summed E-state index contributed by atoms with van der Waals surface area (Å²) in [6, 6.07) is 0. The summed E-state index contributed by atoms with van der Waals surface area (Å²) in [5, 5.41) is 0. The first-order valence-electron chi connectivity index (χ1n) is 25.1. The van der Waals surface area contributed by atoms with Gasteiger partial charge in [0, 0.05) is 19.3 Å². The number of esters is 3. The fourth-order valence-electron chi connectivity index (χ4n) is 6.98. The van der Waals surface area contributed by atoms with Crippen molar-refractivity contribution >= 4 is 17.9 Å². The molecule has 0 aromatic carbocycles. The molecule has 0 amide bonds. The molecule has 0 aliphatic heterocycles. The SMILES string of the molecule is CCC/C=C\CCCCCCCC(=O)OCC(COC(=O)CCCCCCCC/C=C\C/C=C\C/C=C\CCCCC)OC(=O)CCCCCCCCCCCCCC. The van der Waals surface area contributed by atoms with Gasteiger partial charge in [-0.15, -0.1) is 0 Å². The predicted octanol–water partition coefficient (Wildman–Crippen LogP) is 16.3. The number of hydrogen-bond donors (Lipinski definition) is 0. The van der Waals surface area contributed by atoms with Gasteiger partial charge in [0.25, 0.3) is 0 Å². The van der Waals surface area contributed by atoms with Gasteiger partial charge in [-0.1, -0.05) is 204 Å². The van der Waals surface area contributed by atoms with E-state index in [4.69, 9.17) is 14.2 Å². The van der Waals surface area contributed by atoms with Crippen LogP contribution in [0.5, 0.6) is 0 Å². The molecule has 0 aliphatic carbocycles. The molecule has 1 atom stereocenters. The Bertz CT molecular complexity index is 1040. The third kappa shape index (κ3) is 46.3. The van der Waals surface area contributed by atoms with Gasteiger partial charge in [-0.25, -0.2) is 0 Å². The van der Waals surface area contributed by atoms with Gasteiger partial charge in [0.2, 0.25) is 0 Å². The van der Waals surface area contributed by atoms with Crippen LogP contribution in [0.25, 0.3) is 0 Å². The maximum Gasteiger partial charge on any atom is 0.306 e. The molecule has 0 saturated carbocycles. The summed E-state index contributed by atoms with van der Waals surface area (Å²) < 4.78 is 16.7. The molecule has 0 N–H and O–H groups in total. The van der Waals surface area contributed by atoms with Gasteiger partial charge in [-0.3, -0.25) is 14.4 Å². The van der Waals surface area contributed by atoms with Crippen molar-refractivity contribution in [3.05, 3.63) is 48.6 Å². The highest BCUT2D eigenvalue weighted by Gasteiger charge is 2.19. The second kappa shape index (κ2) is 48.0. The fourth-order valence-corrected chi connectivity index (χ4v) is 6.98. The molecule has 342 valence electrons. The summed E-state index contributed by atoms with van der Waals surface area (Å²) in [6.45, 7) is 6.53. The van der Waals surface area contributed by atoms with E-state index in [9.17, 15) is 14.4 Å². The Morgan fingerprint density at radius 3 is 1.07 bits per heavy atom. The van der Waals surface area contributed by atoms with Crippen molar-refractivity contribution in [2.24, 2.45) is 0 Å². The zero-order valence-electron chi connectivity index (χ0n) is 39.0. The number of carbonyl (C=O) groups is 3. The molecule has 0 saturated heterocycles. The number of hydrogen-bond acceptors (Lipinski definition) is 6. The third-order valence-corrected chi connectivity index (χ3v) is 10.8. The second-order valence-electron chi connectivity index (χ2n) is 16.7. The fraction of sp³-hybridized carbons (Fsp3) is 0.792. The van der Waals surface area contributed by atoms with Crippen molar-refractivity contribution in [3.8, 4) is 0 Å². The van der Waals surface area contributed by atoms with Crippen LogP contribution < -0.4 is 0 Å². The van der Waals surface area contributed by atoms with E-state index in [2.05, 4.69) is 69.4 Å². The van der Waals surface area contributed by atoms with Crippen LogP contribution in [0.1, 0.15) is 252 Å². The van der Waals surface area contributed by atoms with Gasteiger partial charge >= 0.3 is 17.9 Å². The lowest BCUT2D eigenvalue weighted by atomic mass is 10.0. The zero-order chi connectivity index (χ0) is 43.0. The van der Waals surface area contributed by atoms with Crippen LogP contribution in [0.2, 0.25) is 0 Å². The van der Waals surface area contributed by atoms with E-state index < -0.39 is 6.10 Å². The van der Waals surface area contributed by atoms with Crippen LogP contribution in [0.15, 0.2) is 48.6 Å². The first kappa shape index (κ1) is 56.4. The molecule has 0 radical (unpaired) electrons. The first-order chi connectivity index (χ1) is 29.0. The Balaban J connectivity index is 4.33. The van der Waals surface area contributed by atoms with Crippen LogP contribution in [0.3, 0.4) is 0 Å². The van der Waals surface area contributed by atoms with Gasteiger partial charge in [0.05, 0.1) is 0 Å². The molecule has 0 heterocycles. The van der Waals surface area contributed by atoms with Crippen LogP contribution in [0.4, 0.5) is 0 Å². The average molecular weight is 827 g/mol. The first-order valence-corrected chi connectivity index (χ1v) is 25.1. The number of allylic oxidation sites excluding steroid dienone is 8. The largest absolute Gasteiger partial charge is 0.462 e. The summed E-state index contributed by atoms with van der Waals surface area (Å²) >= 11 is 0. The second-order valence-corrected chi connectivity index (χ2v) is 16.7. The molecule has 6 nitrogen and oxygen atoms in total. The molecule has 0 fully saturated rings. The molecule has 0 bridgehead atoms. The topological polar surface area (TPSA) is 78.9 Å². The van der Waals surface area contributed by atoms with Crippen LogP contribution in [0, 0.1) is 0 Å². The van der Waals surface area contributed by atoms with Gasteiger partial charge in [0.1, 0.15) is 13.2 Å². The average Bonchev–Trinajstić information content (AvgIpc) is 3.23. The van der Waals surface area contributed by atoms with Crippen molar-refractivity contribution < 1.29 is 28.6 Å². The third-order valence-electron chi connectivity index (χ3n) is 10.8. The minimum atomic E-state index is -0.777. The molecule has 0 rings (SSSR count). The van der Waals surface area contributed by atoms with E-state index in [0.717, 1.165) is 89.9 Å². The Hall–Kier alpha value is -2.63. The Morgan fingerprint density at radius 2 is 0.644 bits per heavy atom. The van der Waals surface area contributed by atoms with Crippen molar-refractivity contribution in [3.63, 3.8) is 0 Å². The Kier molecular flexibility index (Phi) is 45.9. The van der Waals surface area contributed by atoms with E-state index in [1.54, 1.807) is 0 Å². The number of rotatable bonds is 45. The maximum absolute atomic E-state index is 12.7. The van der Waals surface area contributed by atoms with Gasteiger partial charge < -0.3 is 14.2 Å². The smallest absolute Gasteiger partial charge is 0.306 e. The van der Waals surface area contributed by atoms with Crippen molar-refractivity contribution in [1.29, 1.82) is 0 Å². The number of unbranched alkanes of at least 4 members (excludes halogenated alkanes) is 26. The lowest BCUT2D eigenvalue weighted by Crippen LogP contribution is -2.30. The highest BCUT2D eigenvalue weighted by Crippen LogP contribution is 2.15. The Labute approximate surface area is 365 Å². The van der Waals surface area contributed by atoms with Crippen molar-refractivity contribution in [2.75, 3.05) is 13.2 Å². The number of carbonyl (C=O) groups excluding carboxylic acids is 3. The molecule has 0 aliphatic rings. The van der Waals surface area contributed by atoms with Crippen molar-refractivity contribution in [2.45, 2.75) is 258 Å². The van der Waals surface area contributed by atoms with Crippen molar-refractivity contribution in [1.82, 2.24) is 0 Å². The summed E-state index contributed by atoms with van der Waals surface area (Å²) in [6.07, 6.45) is 56.6. The highest BCUT2D eigenvalue weighted by molar-refractivity contribution is 5.71. The molecule has 6 heteroatoms. The van der Waals surface area contributed by atoms with E-state index in [-0.39, 0.29) is 31.1 Å². The lowest BCUT2D eigenvalue weighted by Gasteiger charge is -2.18. The minimum Gasteiger partial charge on any atom is -0.462 e. The summed E-state index contributed by atoms with van der Waals surface area (Å²) in [7, 11) is 0. The molecule has 0 spiro atoms. The highest BCUT2D eigenvalue weighted by atomic mass is 16.6. The quantitative estimate of drug-likeness (QED) is 0.0263. The van der Waals surface area contributed by atoms with Gasteiger partial charge in [-0.2, -0.15) is 0 Å². The van der Waals surface area contributed by atoms with E-state index >= 15 is 0 Å². The van der Waals surface area contributed by atoms with E-state index in [0.29, 0.717) is 19.3 Å². The van der Waals surface area contributed by atoms with Gasteiger partial charge in [-0.05, 0) is 77.0 Å². The van der Waals surface area contributed by atoms with Gasteiger partial charge in [0.15, 0.2) is 6.10 Å². The molecule has 59 heavy (non-hydrogen) atoms. The minimum absolute atomic E-state index is 0.0802.